The van der Waals surface area contributed by atoms with Crippen LogP contribution in [-0.2, 0) is 0 Å². The lowest BCUT2D eigenvalue weighted by molar-refractivity contribution is 0.101. The SMILES string of the molecule is CC(=O)c1ccccc1OCCSc1nc2scc(-c3cccs3)c2c(=O)[nH]1. The largest absolute Gasteiger partial charge is 0.492 e. The Morgan fingerprint density at radius 2 is 2.07 bits per heavy atom. The summed E-state index contributed by atoms with van der Waals surface area (Å²) in [6.07, 6.45) is 0. The number of rotatable bonds is 7. The molecule has 0 radical (unpaired) electrons. The fourth-order valence-corrected chi connectivity index (χ4v) is 5.28. The molecule has 0 spiro atoms. The first kappa shape index (κ1) is 18.9. The van der Waals surface area contributed by atoms with Crippen molar-refractivity contribution in [3.63, 3.8) is 0 Å². The third kappa shape index (κ3) is 3.89. The maximum Gasteiger partial charge on any atom is 0.260 e. The van der Waals surface area contributed by atoms with E-state index < -0.39 is 0 Å². The van der Waals surface area contributed by atoms with Gasteiger partial charge >= 0.3 is 0 Å². The number of carbonyl (C=O) groups excluding carboxylic acids is 1. The van der Waals surface area contributed by atoms with Gasteiger partial charge in [0.1, 0.15) is 10.6 Å². The van der Waals surface area contributed by atoms with E-state index in [1.165, 1.54) is 30.0 Å². The zero-order valence-electron chi connectivity index (χ0n) is 14.9. The Labute approximate surface area is 173 Å². The van der Waals surface area contributed by atoms with Gasteiger partial charge in [0, 0.05) is 21.6 Å². The van der Waals surface area contributed by atoms with Crippen LogP contribution in [-0.4, -0.2) is 28.1 Å². The van der Waals surface area contributed by atoms with E-state index in [1.54, 1.807) is 23.5 Å². The minimum Gasteiger partial charge on any atom is -0.492 e. The Kier molecular flexibility index (Phi) is 5.61. The molecule has 8 heteroatoms. The van der Waals surface area contributed by atoms with Crippen LogP contribution in [0.1, 0.15) is 17.3 Å². The van der Waals surface area contributed by atoms with Crippen LogP contribution in [0, 0.1) is 0 Å². The van der Waals surface area contributed by atoms with Gasteiger partial charge in [0.25, 0.3) is 5.56 Å². The number of Topliss-reactive ketones (excluding diaryl/α,β-unsaturated/α-hetero) is 1. The Morgan fingerprint density at radius 1 is 1.21 bits per heavy atom. The molecule has 0 bridgehead atoms. The van der Waals surface area contributed by atoms with Crippen LogP contribution in [0.25, 0.3) is 20.7 Å². The molecule has 1 N–H and O–H groups in total. The van der Waals surface area contributed by atoms with Crippen LogP contribution in [0.5, 0.6) is 5.75 Å². The summed E-state index contributed by atoms with van der Waals surface area (Å²) in [6.45, 7) is 1.92. The molecule has 5 nitrogen and oxygen atoms in total. The van der Waals surface area contributed by atoms with Gasteiger partial charge in [0.15, 0.2) is 10.9 Å². The van der Waals surface area contributed by atoms with Crippen molar-refractivity contribution in [1.29, 1.82) is 0 Å². The Morgan fingerprint density at radius 3 is 2.86 bits per heavy atom. The number of ketones is 1. The summed E-state index contributed by atoms with van der Waals surface area (Å²) in [5, 5.41) is 5.19. The van der Waals surface area contributed by atoms with E-state index in [0.29, 0.717) is 34.2 Å². The summed E-state index contributed by atoms with van der Waals surface area (Å²) in [7, 11) is 0. The Hall–Kier alpha value is -2.42. The summed E-state index contributed by atoms with van der Waals surface area (Å²) in [4.78, 5) is 33.5. The summed E-state index contributed by atoms with van der Waals surface area (Å²) >= 11 is 4.50. The highest BCUT2D eigenvalue weighted by molar-refractivity contribution is 7.99. The number of thioether (sulfide) groups is 1. The highest BCUT2D eigenvalue weighted by atomic mass is 32.2. The normalized spacial score (nSPS) is 11.0. The second-order valence-electron chi connectivity index (χ2n) is 5.93. The van der Waals surface area contributed by atoms with Crippen molar-refractivity contribution in [2.24, 2.45) is 0 Å². The van der Waals surface area contributed by atoms with Crippen molar-refractivity contribution in [3.05, 3.63) is 63.1 Å². The lowest BCUT2D eigenvalue weighted by Gasteiger charge is -2.09. The van der Waals surface area contributed by atoms with Crippen molar-refractivity contribution >= 4 is 50.4 Å². The monoisotopic (exact) mass is 428 g/mol. The topological polar surface area (TPSA) is 72.0 Å². The number of nitrogens with zero attached hydrogens (tertiary/aromatic N) is 1. The highest BCUT2D eigenvalue weighted by Gasteiger charge is 2.14. The van der Waals surface area contributed by atoms with Crippen LogP contribution in [0.3, 0.4) is 0 Å². The first-order chi connectivity index (χ1) is 13.6. The Bertz CT molecular complexity index is 1180. The number of nitrogens with one attached hydrogen (secondary N) is 1. The molecule has 3 aromatic heterocycles. The van der Waals surface area contributed by atoms with E-state index in [4.69, 9.17) is 4.74 Å². The van der Waals surface area contributed by atoms with E-state index >= 15 is 0 Å². The average molecular weight is 429 g/mol. The van der Waals surface area contributed by atoms with Crippen LogP contribution in [0.2, 0.25) is 0 Å². The van der Waals surface area contributed by atoms with Crippen LogP contribution < -0.4 is 10.3 Å². The second kappa shape index (κ2) is 8.30. The van der Waals surface area contributed by atoms with E-state index in [0.717, 1.165) is 15.3 Å². The van der Waals surface area contributed by atoms with E-state index in [2.05, 4.69) is 9.97 Å². The molecule has 0 aliphatic rings. The molecule has 0 amide bonds. The van der Waals surface area contributed by atoms with Gasteiger partial charge in [-0.25, -0.2) is 4.98 Å². The quantitative estimate of drug-likeness (QED) is 0.192. The molecule has 0 aliphatic heterocycles. The molecule has 0 saturated carbocycles. The lowest BCUT2D eigenvalue weighted by atomic mass is 10.1. The standard InChI is InChI=1S/C20H16N2O3S3/c1-12(23)13-5-2-3-6-15(13)25-8-10-27-20-21-18(24)17-14(11-28-19(17)22-20)16-7-4-9-26-16/h2-7,9,11H,8,10H2,1H3,(H,21,22,24). The number of aromatic amines is 1. The van der Waals surface area contributed by atoms with E-state index in [9.17, 15) is 9.59 Å². The number of ether oxygens (including phenoxy) is 1. The number of aromatic nitrogens is 2. The second-order valence-corrected chi connectivity index (χ2v) is 8.82. The van der Waals surface area contributed by atoms with E-state index in [-0.39, 0.29) is 11.3 Å². The highest BCUT2D eigenvalue weighted by Crippen LogP contribution is 2.34. The summed E-state index contributed by atoms with van der Waals surface area (Å²) in [6, 6.07) is 11.2. The van der Waals surface area contributed by atoms with Gasteiger partial charge < -0.3 is 9.72 Å². The number of thiophene rings is 2. The van der Waals surface area contributed by atoms with Gasteiger partial charge in [0.2, 0.25) is 0 Å². The molecular formula is C20H16N2O3S3. The molecule has 0 unspecified atom stereocenters. The number of benzene rings is 1. The third-order valence-electron chi connectivity index (χ3n) is 4.05. The average Bonchev–Trinajstić information content (AvgIpc) is 3.35. The Balaban J connectivity index is 1.45. The van der Waals surface area contributed by atoms with Gasteiger partial charge in [-0.1, -0.05) is 30.0 Å². The van der Waals surface area contributed by atoms with Crippen molar-refractivity contribution < 1.29 is 9.53 Å². The van der Waals surface area contributed by atoms with Gasteiger partial charge in [-0.2, -0.15) is 0 Å². The molecule has 0 aliphatic carbocycles. The minimum atomic E-state index is -0.125. The fourth-order valence-electron chi connectivity index (χ4n) is 2.78. The first-order valence-corrected chi connectivity index (χ1v) is 11.3. The van der Waals surface area contributed by atoms with Crippen molar-refractivity contribution in [3.8, 4) is 16.2 Å². The summed E-state index contributed by atoms with van der Waals surface area (Å²) in [5.41, 5.74) is 1.38. The van der Waals surface area contributed by atoms with Crippen molar-refractivity contribution in [1.82, 2.24) is 9.97 Å². The van der Waals surface area contributed by atoms with Crippen LogP contribution in [0.4, 0.5) is 0 Å². The smallest absolute Gasteiger partial charge is 0.260 e. The molecule has 0 atom stereocenters. The maximum absolute atomic E-state index is 12.6. The molecule has 0 fully saturated rings. The fraction of sp³-hybridized carbons (Fsp3) is 0.150. The van der Waals surface area contributed by atoms with Crippen molar-refractivity contribution in [2.75, 3.05) is 12.4 Å². The van der Waals surface area contributed by atoms with Gasteiger partial charge in [-0.15, -0.1) is 22.7 Å². The molecule has 0 saturated heterocycles. The van der Waals surface area contributed by atoms with Gasteiger partial charge in [0.05, 0.1) is 17.6 Å². The van der Waals surface area contributed by atoms with Gasteiger partial charge in [-0.05, 0) is 30.5 Å². The number of hydrogen-bond donors (Lipinski definition) is 1. The lowest BCUT2D eigenvalue weighted by Crippen LogP contribution is -2.10. The third-order valence-corrected chi connectivity index (χ3v) is 6.67. The number of para-hydroxylation sites is 1. The first-order valence-electron chi connectivity index (χ1n) is 8.54. The molecule has 28 heavy (non-hydrogen) atoms. The summed E-state index contributed by atoms with van der Waals surface area (Å²) in [5.74, 6) is 1.15. The number of hydrogen-bond acceptors (Lipinski definition) is 7. The minimum absolute atomic E-state index is 0.0288. The molecular weight excluding hydrogens is 412 g/mol. The zero-order chi connectivity index (χ0) is 19.5. The molecule has 3 heterocycles. The molecule has 4 aromatic rings. The molecule has 1 aromatic carbocycles. The van der Waals surface area contributed by atoms with Crippen molar-refractivity contribution in [2.45, 2.75) is 12.1 Å². The predicted octanol–water partition coefficient (Wildman–Crippen LogP) is 5.09. The van der Waals surface area contributed by atoms with Crippen LogP contribution in [0.15, 0.2) is 57.1 Å². The number of H-pyrrole nitrogens is 1. The summed E-state index contributed by atoms with van der Waals surface area (Å²) < 4.78 is 5.73. The van der Waals surface area contributed by atoms with Crippen LogP contribution >= 0.6 is 34.4 Å². The zero-order valence-corrected chi connectivity index (χ0v) is 17.4. The molecule has 4 rings (SSSR count). The maximum atomic E-state index is 12.6. The van der Waals surface area contributed by atoms with E-state index in [1.807, 2.05) is 35.0 Å². The number of carbonyl (C=O) groups is 1. The number of fused-ring (bicyclic) bond motifs is 1. The predicted molar refractivity (Wildman–Crippen MR) is 116 cm³/mol. The molecule has 142 valence electrons. The van der Waals surface area contributed by atoms with Gasteiger partial charge in [-0.3, -0.25) is 9.59 Å².